The van der Waals surface area contributed by atoms with E-state index < -0.39 is 0 Å². The molecular formula is C17H26Cl2N4OS. The smallest absolute Gasteiger partial charge is 0.230 e. The zero-order chi connectivity index (χ0) is 16.1. The Morgan fingerprint density at radius 1 is 1.40 bits per heavy atom. The lowest BCUT2D eigenvalue weighted by molar-refractivity contribution is -0.118. The molecule has 0 spiro atoms. The van der Waals surface area contributed by atoms with Crippen molar-refractivity contribution in [1.82, 2.24) is 20.0 Å². The van der Waals surface area contributed by atoms with Gasteiger partial charge in [-0.25, -0.2) is 4.98 Å². The molecule has 140 valence electrons. The largest absolute Gasteiger partial charge is 0.355 e. The molecule has 25 heavy (non-hydrogen) atoms. The fourth-order valence-electron chi connectivity index (χ4n) is 2.90. The van der Waals surface area contributed by atoms with Crippen LogP contribution in [0.2, 0.25) is 0 Å². The number of imidazole rings is 1. The number of hydrogen-bond donors (Lipinski definition) is 2. The minimum Gasteiger partial charge on any atom is -0.355 e. The molecular weight excluding hydrogens is 379 g/mol. The first-order chi connectivity index (χ1) is 11.2. The highest BCUT2D eigenvalue weighted by Gasteiger charge is 2.14. The van der Waals surface area contributed by atoms with E-state index in [1.165, 1.54) is 12.0 Å². The van der Waals surface area contributed by atoms with Crippen molar-refractivity contribution in [3.8, 4) is 0 Å². The van der Waals surface area contributed by atoms with Crippen LogP contribution in [0.25, 0.3) is 5.65 Å². The number of halogens is 2. The average Bonchev–Trinajstić information content (AvgIpc) is 3.16. The summed E-state index contributed by atoms with van der Waals surface area (Å²) < 4.78 is 2.04. The van der Waals surface area contributed by atoms with Gasteiger partial charge >= 0.3 is 0 Å². The van der Waals surface area contributed by atoms with Gasteiger partial charge in [0.15, 0.2) is 0 Å². The van der Waals surface area contributed by atoms with E-state index in [1.807, 2.05) is 16.7 Å². The van der Waals surface area contributed by atoms with Gasteiger partial charge in [-0.1, -0.05) is 6.07 Å². The van der Waals surface area contributed by atoms with Gasteiger partial charge in [0.05, 0.1) is 11.4 Å². The Morgan fingerprint density at radius 2 is 2.24 bits per heavy atom. The molecule has 3 heterocycles. The number of aromatic nitrogens is 2. The van der Waals surface area contributed by atoms with E-state index in [1.54, 1.807) is 11.8 Å². The Labute approximate surface area is 165 Å². The van der Waals surface area contributed by atoms with Crippen molar-refractivity contribution in [1.29, 1.82) is 0 Å². The number of amides is 1. The third-order valence-corrected chi connectivity index (χ3v) is 5.14. The van der Waals surface area contributed by atoms with Crippen LogP contribution in [0, 0.1) is 12.8 Å². The van der Waals surface area contributed by atoms with Gasteiger partial charge in [-0.05, 0) is 50.4 Å². The van der Waals surface area contributed by atoms with E-state index in [0.29, 0.717) is 5.75 Å². The first-order valence-electron chi connectivity index (χ1n) is 8.20. The molecule has 1 amide bonds. The number of thioether (sulfide) groups is 1. The molecule has 1 aliphatic heterocycles. The lowest BCUT2D eigenvalue weighted by Crippen LogP contribution is -2.27. The third kappa shape index (κ3) is 6.70. The second-order valence-corrected chi connectivity index (χ2v) is 7.18. The molecule has 0 aromatic carbocycles. The van der Waals surface area contributed by atoms with Gasteiger partial charge in [-0.2, -0.15) is 0 Å². The van der Waals surface area contributed by atoms with Crippen LogP contribution in [0.3, 0.4) is 0 Å². The summed E-state index contributed by atoms with van der Waals surface area (Å²) in [6.07, 6.45) is 6.43. The maximum absolute atomic E-state index is 11.9. The molecule has 1 saturated heterocycles. The predicted molar refractivity (Wildman–Crippen MR) is 109 cm³/mol. The first-order valence-corrected chi connectivity index (χ1v) is 9.35. The van der Waals surface area contributed by atoms with Crippen molar-refractivity contribution in [2.24, 2.45) is 5.92 Å². The van der Waals surface area contributed by atoms with Crippen molar-refractivity contribution in [3.63, 3.8) is 0 Å². The van der Waals surface area contributed by atoms with E-state index >= 15 is 0 Å². The van der Waals surface area contributed by atoms with E-state index in [4.69, 9.17) is 0 Å². The molecule has 5 nitrogen and oxygen atoms in total. The fourth-order valence-corrected chi connectivity index (χ4v) is 3.64. The van der Waals surface area contributed by atoms with Gasteiger partial charge in [-0.15, -0.1) is 36.6 Å². The Balaban J connectivity index is 0.00000156. The highest BCUT2D eigenvalue weighted by molar-refractivity contribution is 7.99. The predicted octanol–water partition coefficient (Wildman–Crippen LogP) is 2.84. The molecule has 1 atom stereocenters. The van der Waals surface area contributed by atoms with Gasteiger partial charge in [0.1, 0.15) is 5.65 Å². The molecule has 2 aromatic heterocycles. The second kappa shape index (κ2) is 10.9. The molecule has 0 saturated carbocycles. The summed E-state index contributed by atoms with van der Waals surface area (Å²) in [4.78, 5) is 16.4. The van der Waals surface area contributed by atoms with E-state index in [0.717, 1.165) is 49.1 Å². The van der Waals surface area contributed by atoms with Crippen LogP contribution < -0.4 is 10.6 Å². The van der Waals surface area contributed by atoms with Crippen LogP contribution in [0.15, 0.2) is 24.5 Å². The highest BCUT2D eigenvalue weighted by atomic mass is 35.5. The summed E-state index contributed by atoms with van der Waals surface area (Å²) in [5.41, 5.74) is 3.19. The van der Waals surface area contributed by atoms with Crippen LogP contribution in [0.4, 0.5) is 0 Å². The molecule has 3 rings (SSSR count). The fraction of sp³-hybridized carbons (Fsp3) is 0.529. The maximum atomic E-state index is 11.9. The molecule has 2 N–H and O–H groups in total. The molecule has 0 aliphatic carbocycles. The number of hydrogen-bond acceptors (Lipinski definition) is 4. The standard InChI is InChI=1S/C17H24N4OS.2ClH/c1-13-2-3-16-20-15(10-21(16)9-13)11-23-12-17(22)19-7-5-14-4-6-18-8-14;;/h2-3,9-10,14,18H,4-8,11-12H2,1H3,(H,19,22);2*1H. The summed E-state index contributed by atoms with van der Waals surface area (Å²) in [5, 5.41) is 6.37. The van der Waals surface area contributed by atoms with Crippen molar-refractivity contribution in [2.75, 3.05) is 25.4 Å². The van der Waals surface area contributed by atoms with Crippen molar-refractivity contribution < 1.29 is 4.79 Å². The summed E-state index contributed by atoms with van der Waals surface area (Å²) in [6.45, 7) is 5.07. The lowest BCUT2D eigenvalue weighted by atomic mass is 10.1. The summed E-state index contributed by atoms with van der Waals surface area (Å²) in [6, 6.07) is 4.08. The molecule has 0 bridgehead atoms. The van der Waals surface area contributed by atoms with Gasteiger partial charge in [0.25, 0.3) is 0 Å². The highest BCUT2D eigenvalue weighted by Crippen LogP contribution is 2.14. The summed E-state index contributed by atoms with van der Waals surface area (Å²) in [5.74, 6) is 2.11. The summed E-state index contributed by atoms with van der Waals surface area (Å²) >= 11 is 1.62. The minimum atomic E-state index is 0. The molecule has 8 heteroatoms. The number of nitrogens with one attached hydrogen (secondary N) is 2. The molecule has 1 fully saturated rings. The van der Waals surface area contributed by atoms with Gasteiger partial charge in [0, 0.05) is 24.7 Å². The Morgan fingerprint density at radius 3 is 3.00 bits per heavy atom. The number of aryl methyl sites for hydroxylation is 1. The van der Waals surface area contributed by atoms with Gasteiger partial charge in [-0.3, -0.25) is 4.79 Å². The van der Waals surface area contributed by atoms with Crippen molar-refractivity contribution in [3.05, 3.63) is 35.8 Å². The van der Waals surface area contributed by atoms with Crippen LogP contribution in [-0.2, 0) is 10.5 Å². The van der Waals surface area contributed by atoms with E-state index in [-0.39, 0.29) is 30.7 Å². The molecule has 2 aromatic rings. The number of pyridine rings is 1. The number of carbonyl (C=O) groups is 1. The number of fused-ring (bicyclic) bond motifs is 1. The molecule has 1 unspecified atom stereocenters. The van der Waals surface area contributed by atoms with E-state index in [2.05, 4.69) is 34.8 Å². The van der Waals surface area contributed by atoms with Crippen LogP contribution >= 0.6 is 36.6 Å². The quantitative estimate of drug-likeness (QED) is 0.744. The topological polar surface area (TPSA) is 58.4 Å². The number of nitrogens with zero attached hydrogens (tertiary/aromatic N) is 2. The number of rotatable bonds is 7. The number of carbonyl (C=O) groups excluding carboxylic acids is 1. The monoisotopic (exact) mass is 404 g/mol. The SMILES string of the molecule is Cc1ccc2nc(CSCC(=O)NCCC3CCNC3)cn2c1.Cl.Cl. The van der Waals surface area contributed by atoms with Crippen molar-refractivity contribution in [2.45, 2.75) is 25.5 Å². The second-order valence-electron chi connectivity index (χ2n) is 6.19. The van der Waals surface area contributed by atoms with Gasteiger partial charge < -0.3 is 15.0 Å². The third-order valence-electron chi connectivity index (χ3n) is 4.17. The Hall–Kier alpha value is -0.950. The molecule has 0 radical (unpaired) electrons. The zero-order valence-corrected chi connectivity index (χ0v) is 16.8. The van der Waals surface area contributed by atoms with Crippen LogP contribution in [-0.4, -0.2) is 40.7 Å². The van der Waals surface area contributed by atoms with Crippen LogP contribution in [0.1, 0.15) is 24.1 Å². The Bertz CT molecular complexity index is 674. The van der Waals surface area contributed by atoms with Gasteiger partial charge in [0.2, 0.25) is 5.91 Å². The lowest BCUT2D eigenvalue weighted by Gasteiger charge is -2.09. The van der Waals surface area contributed by atoms with Crippen molar-refractivity contribution >= 4 is 48.1 Å². The van der Waals surface area contributed by atoms with Crippen LogP contribution in [0.5, 0.6) is 0 Å². The maximum Gasteiger partial charge on any atom is 0.230 e. The first kappa shape index (κ1) is 22.1. The normalized spacial score (nSPS) is 16.3. The summed E-state index contributed by atoms with van der Waals surface area (Å²) in [7, 11) is 0. The zero-order valence-electron chi connectivity index (χ0n) is 14.4. The Kier molecular flexibility index (Phi) is 9.64. The minimum absolute atomic E-state index is 0. The average molecular weight is 405 g/mol. The molecule has 1 aliphatic rings. The van der Waals surface area contributed by atoms with E-state index in [9.17, 15) is 4.79 Å².